The molecule has 0 aromatic heterocycles. The number of aldehydes is 1. The minimum Gasteiger partial charge on any atom is -0.512 e. The molecule has 0 aliphatic heterocycles. The third-order valence-electron chi connectivity index (χ3n) is 8.36. The molecule has 4 rings (SSSR count). The van der Waals surface area contributed by atoms with Crippen molar-refractivity contribution < 1.29 is 87.9 Å². The average Bonchev–Trinajstić information content (AvgIpc) is 3.35. The second-order valence-corrected chi connectivity index (χ2v) is 13.2. The Kier molecular flexibility index (Phi) is 77.3. The minimum absolute atomic E-state index is 0. The second-order valence-electron chi connectivity index (χ2n) is 13.2. The molecule has 370 valence electrons. The van der Waals surface area contributed by atoms with E-state index in [1.807, 2.05) is 90.1 Å². The molecule has 0 amide bonds. The summed E-state index contributed by atoms with van der Waals surface area (Å²) in [5.41, 5.74) is 16.4. The van der Waals surface area contributed by atoms with Crippen LogP contribution in [0.1, 0.15) is 189 Å². The maximum absolute atomic E-state index is 11.4. The van der Waals surface area contributed by atoms with Crippen molar-refractivity contribution in [1.82, 2.24) is 10.6 Å². The number of nitrogens with zero attached hydrogens (tertiary/aromatic N) is 2. The van der Waals surface area contributed by atoms with E-state index in [9.17, 15) is 28.8 Å². The van der Waals surface area contributed by atoms with Crippen LogP contribution in [0, 0.1) is 23.7 Å². The molecule has 1 unspecified atom stereocenters. The van der Waals surface area contributed by atoms with E-state index in [0.29, 0.717) is 54.0 Å². The first kappa shape index (κ1) is 88.8. The number of nitrogens with two attached hydrogens (primary N) is 2. The van der Waals surface area contributed by atoms with Crippen molar-refractivity contribution in [2.24, 2.45) is 11.5 Å². The van der Waals surface area contributed by atoms with Crippen LogP contribution >= 0.6 is 0 Å². The van der Waals surface area contributed by atoms with E-state index in [-0.39, 0.29) is 120 Å². The van der Waals surface area contributed by atoms with Crippen molar-refractivity contribution in [3.63, 3.8) is 0 Å². The van der Waals surface area contributed by atoms with E-state index in [0.717, 1.165) is 50.1 Å². The van der Waals surface area contributed by atoms with Gasteiger partial charge in [-0.1, -0.05) is 167 Å². The van der Waals surface area contributed by atoms with Crippen LogP contribution in [0.3, 0.4) is 0 Å². The smallest absolute Gasteiger partial charge is 0.512 e. The van der Waals surface area contributed by atoms with E-state index in [1.54, 1.807) is 48.5 Å². The molecule has 0 aliphatic rings. The van der Waals surface area contributed by atoms with Crippen LogP contribution in [-0.4, -0.2) is 78.2 Å². The molecule has 12 nitrogen and oxygen atoms in total. The minimum atomic E-state index is 0. The average molecular weight is 977 g/mol. The molecular weight excluding hydrogens is 896 g/mol. The van der Waals surface area contributed by atoms with Crippen LogP contribution in [0.25, 0.3) is 0 Å². The second kappa shape index (κ2) is 61.0. The molecular formula is C54H80B2N6Na2O6. The van der Waals surface area contributed by atoms with Crippen LogP contribution in [0.4, 0.5) is 0 Å². The zero-order chi connectivity index (χ0) is 49.9. The fraction of sp³-hybridized carbons (Fsp3) is 0.407. The largest absolute Gasteiger partial charge is 1.00 e. The van der Waals surface area contributed by atoms with Crippen LogP contribution in [0.5, 0.6) is 0 Å². The van der Waals surface area contributed by atoms with E-state index in [1.165, 1.54) is 18.1 Å². The number of carbonyl (C=O) groups is 6. The molecule has 0 bridgehead atoms. The molecule has 0 saturated heterocycles. The van der Waals surface area contributed by atoms with Crippen molar-refractivity contribution in [3.8, 4) is 0 Å². The molecule has 1 atom stereocenters. The Bertz CT molecular complexity index is 1910. The van der Waals surface area contributed by atoms with E-state index < -0.39 is 0 Å². The molecule has 4 aromatic rings. The van der Waals surface area contributed by atoms with Gasteiger partial charge in [0.1, 0.15) is 6.29 Å². The van der Waals surface area contributed by atoms with Gasteiger partial charge in [0.2, 0.25) is 0 Å². The summed E-state index contributed by atoms with van der Waals surface area (Å²) in [6, 6.07) is 29.4. The maximum Gasteiger partial charge on any atom is 1.00 e. The number of ketones is 5. The molecule has 0 saturated carbocycles. The van der Waals surface area contributed by atoms with Gasteiger partial charge in [-0.25, -0.2) is 0 Å². The van der Waals surface area contributed by atoms with E-state index in [4.69, 9.17) is 35.1 Å². The van der Waals surface area contributed by atoms with Gasteiger partial charge in [-0.2, -0.15) is 0 Å². The third kappa shape index (κ3) is 42.7. The standard InChI is InChI=1S/C13H19NO.C12H17NO.C11H12O2.C10H10O2.2C2H7N.2CN.2CH4.2B.2Na/c1-4-13(15)12-8-6-11(7-9-12)10(3)14-5-2;1-3-12(14)11-7-5-10(6-8-11)9-13-4-2;1-3-11(13)10-6-4-9(5-7-10)8(2)12;1-2-10(12)9-5-3-8(7-11)4-6-9;2*1-2-3;2*1-2;;;;;;/h6-10,14H,4-5H2,1-3H3;5-8,13H,3-4,9H2,1-2H3;4-7H,3H2,1-2H3;3-7H,2H2,1H3;2*2-3H2,1H3;;;2*1H4;;;;/q;;;;;;2*-1;;;;;2*+1. The summed E-state index contributed by atoms with van der Waals surface area (Å²) in [4.78, 5) is 66.2. The molecule has 70 heavy (non-hydrogen) atoms. The molecule has 6 N–H and O–H groups in total. The van der Waals surface area contributed by atoms with Crippen LogP contribution in [-0.2, 0) is 6.54 Å². The Morgan fingerprint density at radius 2 is 0.800 bits per heavy atom. The van der Waals surface area contributed by atoms with Gasteiger partial charge in [0.25, 0.3) is 0 Å². The molecule has 0 spiro atoms. The Morgan fingerprint density at radius 3 is 1.06 bits per heavy atom. The van der Waals surface area contributed by atoms with Gasteiger partial charge >= 0.3 is 59.1 Å². The summed E-state index contributed by atoms with van der Waals surface area (Å²) < 4.78 is 0. The first-order chi connectivity index (χ1) is 30.7. The first-order valence-corrected chi connectivity index (χ1v) is 21.5. The first-order valence-electron chi connectivity index (χ1n) is 21.5. The predicted octanol–water partition coefficient (Wildman–Crippen LogP) is 4.55. The van der Waals surface area contributed by atoms with Gasteiger partial charge in [-0.3, -0.25) is 28.8 Å². The molecule has 0 fully saturated rings. The van der Waals surface area contributed by atoms with Crippen molar-refractivity contribution >= 4 is 52.0 Å². The molecule has 0 aliphatic carbocycles. The molecule has 0 heterocycles. The predicted molar refractivity (Wildman–Crippen MR) is 283 cm³/mol. The Labute approximate surface area is 472 Å². The van der Waals surface area contributed by atoms with Gasteiger partial charge < -0.3 is 45.8 Å². The van der Waals surface area contributed by atoms with Crippen molar-refractivity contribution in [1.29, 1.82) is 10.5 Å². The number of hydrogen-bond donors (Lipinski definition) is 4. The zero-order valence-electron chi connectivity index (χ0n) is 42.9. The summed E-state index contributed by atoms with van der Waals surface area (Å²) >= 11 is 0. The van der Waals surface area contributed by atoms with Gasteiger partial charge in [0.15, 0.2) is 28.9 Å². The van der Waals surface area contributed by atoms with Crippen LogP contribution in [0.15, 0.2) is 97.1 Å². The number of rotatable bonds is 16. The summed E-state index contributed by atoms with van der Waals surface area (Å²) in [6.45, 7) is 32.8. The number of Topliss-reactive ketones (excluding diaryl/α,β-unsaturated/α-hetero) is 5. The summed E-state index contributed by atoms with van der Waals surface area (Å²) in [5.74, 6) is 0.649. The van der Waals surface area contributed by atoms with E-state index in [2.05, 4.69) is 31.4 Å². The molecule has 4 aromatic carbocycles. The Balaban J connectivity index is -0.0000000785. The molecule has 6 radical (unpaired) electrons. The fourth-order valence-electron chi connectivity index (χ4n) is 4.91. The van der Waals surface area contributed by atoms with E-state index >= 15 is 0 Å². The maximum atomic E-state index is 11.4. The number of benzene rings is 4. The number of hydrogen-bond acceptors (Lipinski definition) is 12. The summed E-state index contributed by atoms with van der Waals surface area (Å²) in [5, 5.41) is 19.1. The third-order valence-corrected chi connectivity index (χ3v) is 8.36. The van der Waals surface area contributed by atoms with Gasteiger partial charge in [0.05, 0.1) is 0 Å². The normalized spacial score (nSPS) is 8.69. The van der Waals surface area contributed by atoms with Crippen LogP contribution < -0.4 is 81.2 Å². The Morgan fingerprint density at radius 1 is 0.529 bits per heavy atom. The van der Waals surface area contributed by atoms with Crippen molar-refractivity contribution in [2.45, 2.75) is 122 Å². The molecule has 16 heteroatoms. The summed E-state index contributed by atoms with van der Waals surface area (Å²) in [6.07, 6.45) is 2.91. The Hall–Kier alpha value is -4.15. The van der Waals surface area contributed by atoms with Gasteiger partial charge in [0, 0.05) is 88.5 Å². The number of nitrogens with one attached hydrogen (secondary N) is 2. The SMILES string of the molecule is C.C.CCC(=O)c1ccc(C(C)=O)cc1.CCC(=O)c1ccc(C=O)cc1.CCN.CCN.CCNC(C)c1ccc(C(=O)CC)cc1.CCNCc1ccc(C(=O)CC)cc1.[B].[B].[C-]#N.[C-]#N.[Na+].[Na+]. The van der Waals surface area contributed by atoms with Crippen molar-refractivity contribution in [3.05, 3.63) is 155 Å². The van der Waals surface area contributed by atoms with Crippen molar-refractivity contribution in [2.75, 3.05) is 26.2 Å². The van der Waals surface area contributed by atoms with Crippen LogP contribution in [0.2, 0.25) is 0 Å². The number of carbonyl (C=O) groups excluding carboxylic acids is 6. The van der Waals surface area contributed by atoms with Gasteiger partial charge in [-0.05, 0) is 51.2 Å². The fourth-order valence-corrected chi connectivity index (χ4v) is 4.91. The summed E-state index contributed by atoms with van der Waals surface area (Å²) in [7, 11) is 0. The quantitative estimate of drug-likeness (QED) is 0.0525. The monoisotopic (exact) mass is 977 g/mol. The topological polar surface area (TPSA) is 226 Å². The zero-order valence-corrected chi connectivity index (χ0v) is 46.9. The van der Waals surface area contributed by atoms with Gasteiger partial charge in [-0.15, -0.1) is 0 Å².